The summed E-state index contributed by atoms with van der Waals surface area (Å²) < 4.78 is 4.62. The molecule has 1 heterocycles. The number of carbonyl (C=O) groups is 1. The average Bonchev–Trinajstić information content (AvgIpc) is 2.14. The molecule has 0 aromatic rings. The Bertz CT molecular complexity index is 165. The molecule has 0 bridgehead atoms. The van der Waals surface area contributed by atoms with Crippen molar-refractivity contribution >= 4 is 5.97 Å². The highest BCUT2D eigenvalue weighted by molar-refractivity contribution is 5.86. The van der Waals surface area contributed by atoms with Crippen molar-refractivity contribution in [2.75, 3.05) is 0 Å². The number of esters is 1. The van der Waals surface area contributed by atoms with Gasteiger partial charge in [-0.1, -0.05) is 0 Å². The highest BCUT2D eigenvalue weighted by atomic mass is 16.5. The zero-order valence-corrected chi connectivity index (χ0v) is 4.55. The van der Waals surface area contributed by atoms with Crippen LogP contribution in [0.3, 0.4) is 0 Å². The van der Waals surface area contributed by atoms with Crippen LogP contribution in [0.1, 0.15) is 6.92 Å². The van der Waals surface area contributed by atoms with Crippen LogP contribution in [0.2, 0.25) is 0 Å². The van der Waals surface area contributed by atoms with E-state index in [4.69, 9.17) is 0 Å². The van der Waals surface area contributed by atoms with E-state index >= 15 is 0 Å². The fourth-order valence-electron chi connectivity index (χ4n) is 0.490. The Morgan fingerprint density at radius 1 is 1.62 bits per heavy atom. The van der Waals surface area contributed by atoms with Gasteiger partial charge in [-0.15, -0.1) is 0 Å². The van der Waals surface area contributed by atoms with E-state index < -0.39 is 0 Å². The summed E-state index contributed by atoms with van der Waals surface area (Å²) in [5.41, 5.74) is 0. The van der Waals surface area contributed by atoms with E-state index in [-0.39, 0.29) is 5.97 Å². The van der Waals surface area contributed by atoms with Gasteiger partial charge in [0.1, 0.15) is 5.76 Å². The third-order valence-corrected chi connectivity index (χ3v) is 0.887. The van der Waals surface area contributed by atoms with E-state index in [0.29, 0.717) is 5.76 Å². The number of carbonyl (C=O) groups excluding carboxylic acids is 1. The molecule has 0 aromatic heterocycles. The molecule has 0 unspecified atom stereocenters. The van der Waals surface area contributed by atoms with Crippen LogP contribution in [0.5, 0.6) is 0 Å². The predicted molar refractivity (Wildman–Crippen MR) is 29.0 cm³/mol. The first-order valence-corrected chi connectivity index (χ1v) is 2.39. The summed E-state index contributed by atoms with van der Waals surface area (Å²) in [5, 5.41) is 0. The van der Waals surface area contributed by atoms with Crippen molar-refractivity contribution in [1.82, 2.24) is 0 Å². The lowest BCUT2D eigenvalue weighted by atomic mass is 10.4. The number of hydrogen-bond acceptors (Lipinski definition) is 2. The van der Waals surface area contributed by atoms with Gasteiger partial charge in [-0.05, 0) is 19.1 Å². The van der Waals surface area contributed by atoms with Gasteiger partial charge in [0, 0.05) is 6.08 Å². The molecule has 42 valence electrons. The molecule has 0 spiro atoms. The molecule has 8 heavy (non-hydrogen) atoms. The zero-order chi connectivity index (χ0) is 5.98. The number of cyclic esters (lactones) is 1. The minimum atomic E-state index is -0.280. The van der Waals surface area contributed by atoms with E-state index in [1.807, 2.05) is 6.92 Å². The second-order valence-electron chi connectivity index (χ2n) is 1.45. The summed E-state index contributed by atoms with van der Waals surface area (Å²) in [6, 6.07) is 0. The molecule has 0 N–H and O–H groups in total. The first-order valence-electron chi connectivity index (χ1n) is 2.39. The maximum atomic E-state index is 10.3. The highest BCUT2D eigenvalue weighted by Gasteiger charge is 2.06. The standard InChI is InChI=1S/C6H6O2/c1-2-5-3-4-6(7)8-5/h2-4H,1H3/b5-2+. The Morgan fingerprint density at radius 2 is 2.38 bits per heavy atom. The number of hydrogen-bond donors (Lipinski definition) is 0. The van der Waals surface area contributed by atoms with E-state index in [9.17, 15) is 4.79 Å². The lowest BCUT2D eigenvalue weighted by Gasteiger charge is -1.89. The van der Waals surface area contributed by atoms with E-state index in [0.717, 1.165) is 0 Å². The quantitative estimate of drug-likeness (QED) is 0.435. The maximum absolute atomic E-state index is 10.3. The topological polar surface area (TPSA) is 26.3 Å². The molecule has 0 saturated carbocycles. The van der Waals surface area contributed by atoms with Crippen LogP contribution in [0.4, 0.5) is 0 Å². The van der Waals surface area contributed by atoms with Gasteiger partial charge in [0.05, 0.1) is 0 Å². The van der Waals surface area contributed by atoms with E-state index in [1.165, 1.54) is 6.08 Å². The SMILES string of the molecule is C/C=C1\C=CC(=O)O1. The minimum Gasteiger partial charge on any atom is -0.424 e. The largest absolute Gasteiger partial charge is 0.424 e. The molecule has 0 amide bonds. The van der Waals surface area contributed by atoms with Crippen LogP contribution in [0.15, 0.2) is 24.0 Å². The van der Waals surface area contributed by atoms with Gasteiger partial charge >= 0.3 is 5.97 Å². The Labute approximate surface area is 47.5 Å². The van der Waals surface area contributed by atoms with Gasteiger partial charge in [-0.2, -0.15) is 0 Å². The fraction of sp³-hybridized carbons (Fsp3) is 0.167. The summed E-state index contributed by atoms with van der Waals surface area (Å²) in [4.78, 5) is 10.3. The third-order valence-electron chi connectivity index (χ3n) is 0.887. The number of allylic oxidation sites excluding steroid dienone is 2. The molecule has 0 atom stereocenters. The van der Waals surface area contributed by atoms with Crippen LogP contribution in [-0.2, 0) is 9.53 Å². The van der Waals surface area contributed by atoms with Crippen molar-refractivity contribution in [2.45, 2.75) is 6.92 Å². The summed E-state index contributed by atoms with van der Waals surface area (Å²) in [6.07, 6.45) is 4.78. The third kappa shape index (κ3) is 0.780. The van der Waals surface area contributed by atoms with E-state index in [2.05, 4.69) is 4.74 Å². The molecule has 1 aliphatic heterocycles. The Morgan fingerprint density at radius 3 is 2.62 bits per heavy atom. The minimum absolute atomic E-state index is 0.280. The van der Waals surface area contributed by atoms with Crippen LogP contribution < -0.4 is 0 Å². The maximum Gasteiger partial charge on any atom is 0.336 e. The molecule has 1 rings (SSSR count). The van der Waals surface area contributed by atoms with Gasteiger partial charge < -0.3 is 4.74 Å². The second kappa shape index (κ2) is 1.82. The molecule has 0 aliphatic carbocycles. The molecule has 2 nitrogen and oxygen atoms in total. The van der Waals surface area contributed by atoms with Gasteiger partial charge in [-0.3, -0.25) is 0 Å². The Hall–Kier alpha value is -1.05. The molecule has 0 aromatic carbocycles. The highest BCUT2D eigenvalue weighted by Crippen LogP contribution is 2.06. The molecular formula is C6H6O2. The van der Waals surface area contributed by atoms with Gasteiger partial charge in [0.25, 0.3) is 0 Å². The summed E-state index contributed by atoms with van der Waals surface area (Å²) >= 11 is 0. The number of ether oxygens (including phenoxy) is 1. The fourth-order valence-corrected chi connectivity index (χ4v) is 0.490. The molecule has 0 fully saturated rings. The first kappa shape index (κ1) is 5.09. The Kier molecular flexibility index (Phi) is 1.16. The molecule has 0 radical (unpaired) electrons. The van der Waals surface area contributed by atoms with Crippen LogP contribution in [0, 0.1) is 0 Å². The summed E-state index contributed by atoms with van der Waals surface area (Å²) in [6.45, 7) is 1.82. The Balaban J connectivity index is 2.73. The van der Waals surface area contributed by atoms with Crippen molar-refractivity contribution in [3.8, 4) is 0 Å². The van der Waals surface area contributed by atoms with Gasteiger partial charge in [-0.25, -0.2) is 4.79 Å². The zero-order valence-electron chi connectivity index (χ0n) is 4.55. The summed E-state index contributed by atoms with van der Waals surface area (Å²) in [7, 11) is 0. The molecule has 2 heteroatoms. The first-order chi connectivity index (χ1) is 3.83. The number of rotatable bonds is 0. The van der Waals surface area contributed by atoms with Crippen LogP contribution in [0.25, 0.3) is 0 Å². The van der Waals surface area contributed by atoms with Crippen molar-refractivity contribution in [3.05, 3.63) is 24.0 Å². The van der Waals surface area contributed by atoms with Crippen LogP contribution >= 0.6 is 0 Å². The van der Waals surface area contributed by atoms with Gasteiger partial charge in [0.2, 0.25) is 0 Å². The van der Waals surface area contributed by atoms with Crippen molar-refractivity contribution in [3.63, 3.8) is 0 Å². The second-order valence-corrected chi connectivity index (χ2v) is 1.45. The predicted octanol–water partition coefficient (Wildman–Crippen LogP) is 1.00. The normalized spacial score (nSPS) is 22.1. The van der Waals surface area contributed by atoms with E-state index in [1.54, 1.807) is 12.2 Å². The molecular weight excluding hydrogens is 104 g/mol. The van der Waals surface area contributed by atoms with Crippen molar-refractivity contribution in [1.29, 1.82) is 0 Å². The smallest absolute Gasteiger partial charge is 0.336 e. The van der Waals surface area contributed by atoms with Crippen molar-refractivity contribution in [2.24, 2.45) is 0 Å². The van der Waals surface area contributed by atoms with Crippen LogP contribution in [-0.4, -0.2) is 5.97 Å². The van der Waals surface area contributed by atoms with Gasteiger partial charge in [0.15, 0.2) is 0 Å². The molecule has 0 saturated heterocycles. The average molecular weight is 110 g/mol. The lowest BCUT2D eigenvalue weighted by molar-refractivity contribution is -0.132. The summed E-state index contributed by atoms with van der Waals surface area (Å²) in [5.74, 6) is 0.355. The molecule has 1 aliphatic rings. The monoisotopic (exact) mass is 110 g/mol. The van der Waals surface area contributed by atoms with Crippen molar-refractivity contribution < 1.29 is 9.53 Å². The lowest BCUT2D eigenvalue weighted by Crippen LogP contribution is -1.88.